The van der Waals surface area contributed by atoms with E-state index >= 15 is 0 Å². The van der Waals surface area contributed by atoms with E-state index in [0.29, 0.717) is 22.2 Å². The van der Waals surface area contributed by atoms with E-state index in [4.69, 9.17) is 9.84 Å². The second-order valence-electron chi connectivity index (χ2n) is 4.76. The molecule has 0 bridgehead atoms. The van der Waals surface area contributed by atoms with Crippen molar-refractivity contribution in [2.75, 3.05) is 6.61 Å². The molecule has 0 amide bonds. The van der Waals surface area contributed by atoms with E-state index < -0.39 is 12.6 Å². The molecule has 3 rings (SSSR count). The van der Waals surface area contributed by atoms with Crippen molar-refractivity contribution in [3.63, 3.8) is 0 Å². The van der Waals surface area contributed by atoms with Crippen LogP contribution < -0.4 is 4.74 Å². The van der Waals surface area contributed by atoms with Crippen LogP contribution in [0.1, 0.15) is 5.56 Å². The molecular weight excluding hydrogens is 297 g/mol. The average Bonchev–Trinajstić information content (AvgIpc) is 2.56. The maximum atomic E-state index is 13.4. The molecule has 0 unspecified atom stereocenters. The van der Waals surface area contributed by atoms with Crippen LogP contribution in [0.25, 0.3) is 10.9 Å². The molecule has 0 radical (unpaired) electrons. The highest BCUT2D eigenvalue weighted by Gasteiger charge is 2.08. The van der Waals surface area contributed by atoms with Gasteiger partial charge in [-0.3, -0.25) is 4.98 Å². The maximum absolute atomic E-state index is 13.4. The summed E-state index contributed by atoms with van der Waals surface area (Å²) in [6.07, 6.45) is 1.50. The predicted octanol–water partition coefficient (Wildman–Crippen LogP) is 3.83. The van der Waals surface area contributed by atoms with Crippen molar-refractivity contribution >= 4 is 16.9 Å². The van der Waals surface area contributed by atoms with Crippen molar-refractivity contribution in [2.45, 2.75) is 6.92 Å². The Balaban J connectivity index is 0.000000268. The van der Waals surface area contributed by atoms with Crippen LogP contribution in [0.15, 0.2) is 60.8 Å². The van der Waals surface area contributed by atoms with Gasteiger partial charge in [0.2, 0.25) is 0 Å². The summed E-state index contributed by atoms with van der Waals surface area (Å²) in [5, 5.41) is 9.00. The Labute approximate surface area is 133 Å². The quantitative estimate of drug-likeness (QED) is 0.798. The van der Waals surface area contributed by atoms with Gasteiger partial charge in [-0.2, -0.15) is 0 Å². The van der Waals surface area contributed by atoms with Crippen molar-refractivity contribution in [3.05, 3.63) is 72.2 Å². The summed E-state index contributed by atoms with van der Waals surface area (Å²) in [7, 11) is 0. The molecular formula is C18H16FNO3. The molecule has 0 fully saturated rings. The number of rotatable bonds is 3. The molecule has 0 atom stereocenters. The lowest BCUT2D eigenvalue weighted by Gasteiger charge is -2.07. The number of nitrogens with zero attached hydrogens (tertiary/aromatic N) is 1. The number of halogens is 1. The highest BCUT2D eigenvalue weighted by atomic mass is 19.1. The summed E-state index contributed by atoms with van der Waals surface area (Å²) in [5.41, 5.74) is 1.06. The van der Waals surface area contributed by atoms with E-state index in [1.165, 1.54) is 18.3 Å². The van der Waals surface area contributed by atoms with Gasteiger partial charge in [0.25, 0.3) is 0 Å². The number of aryl methyl sites for hydroxylation is 1. The standard InChI is InChI=1S/C12H10FNO3.C6H6/c1-7-4-10-8(5-9(7)13)11(2-3-14-10)17-6-12(15)16;1-2-4-6-5-3-1/h2-5H,6H2,1H3,(H,15,16);1-6H. The van der Waals surface area contributed by atoms with Crippen LogP contribution in [0.3, 0.4) is 0 Å². The minimum atomic E-state index is -1.08. The van der Waals surface area contributed by atoms with Gasteiger partial charge in [-0.15, -0.1) is 0 Å². The third kappa shape index (κ3) is 4.78. The number of fused-ring (bicyclic) bond motifs is 1. The Hall–Kier alpha value is -2.95. The molecule has 1 aromatic heterocycles. The topological polar surface area (TPSA) is 59.4 Å². The summed E-state index contributed by atoms with van der Waals surface area (Å²) < 4.78 is 18.5. The largest absolute Gasteiger partial charge is 0.481 e. The highest BCUT2D eigenvalue weighted by molar-refractivity contribution is 5.85. The third-order valence-corrected chi connectivity index (χ3v) is 3.00. The molecule has 1 heterocycles. The number of aromatic nitrogens is 1. The highest BCUT2D eigenvalue weighted by Crippen LogP contribution is 2.26. The van der Waals surface area contributed by atoms with Gasteiger partial charge in [0.05, 0.1) is 5.52 Å². The van der Waals surface area contributed by atoms with Crippen LogP contribution in [0, 0.1) is 12.7 Å². The zero-order valence-electron chi connectivity index (χ0n) is 12.6. The van der Waals surface area contributed by atoms with Crippen LogP contribution in [-0.4, -0.2) is 22.7 Å². The fourth-order valence-corrected chi connectivity index (χ4v) is 1.90. The van der Waals surface area contributed by atoms with Gasteiger partial charge in [-0.1, -0.05) is 36.4 Å². The molecule has 0 saturated carbocycles. The van der Waals surface area contributed by atoms with Crippen LogP contribution in [0.5, 0.6) is 5.75 Å². The first kappa shape index (κ1) is 16.4. The molecule has 118 valence electrons. The Kier molecular flexibility index (Phi) is 5.63. The van der Waals surface area contributed by atoms with E-state index in [2.05, 4.69) is 4.98 Å². The van der Waals surface area contributed by atoms with Crippen molar-refractivity contribution in [1.82, 2.24) is 4.98 Å². The molecule has 0 aliphatic carbocycles. The number of hydrogen-bond acceptors (Lipinski definition) is 3. The summed E-state index contributed by atoms with van der Waals surface area (Å²) >= 11 is 0. The lowest BCUT2D eigenvalue weighted by atomic mass is 10.1. The van der Waals surface area contributed by atoms with Crippen molar-refractivity contribution in [2.24, 2.45) is 0 Å². The summed E-state index contributed by atoms with van der Waals surface area (Å²) in [6.45, 7) is 1.18. The molecule has 0 spiro atoms. The van der Waals surface area contributed by atoms with Crippen molar-refractivity contribution < 1.29 is 19.0 Å². The van der Waals surface area contributed by atoms with Gasteiger partial charge in [-0.25, -0.2) is 9.18 Å². The van der Waals surface area contributed by atoms with Crippen LogP contribution in [-0.2, 0) is 4.79 Å². The number of ether oxygens (including phenoxy) is 1. The van der Waals surface area contributed by atoms with E-state index in [9.17, 15) is 9.18 Å². The van der Waals surface area contributed by atoms with Crippen molar-refractivity contribution in [3.8, 4) is 5.75 Å². The predicted molar refractivity (Wildman–Crippen MR) is 86.0 cm³/mol. The van der Waals surface area contributed by atoms with Crippen LogP contribution in [0.4, 0.5) is 4.39 Å². The van der Waals surface area contributed by atoms with Gasteiger partial charge < -0.3 is 9.84 Å². The Morgan fingerprint density at radius 3 is 2.35 bits per heavy atom. The molecule has 23 heavy (non-hydrogen) atoms. The zero-order chi connectivity index (χ0) is 16.7. The zero-order valence-corrected chi connectivity index (χ0v) is 12.6. The van der Waals surface area contributed by atoms with E-state index in [-0.39, 0.29) is 5.82 Å². The maximum Gasteiger partial charge on any atom is 0.341 e. The monoisotopic (exact) mass is 313 g/mol. The number of carboxylic acid groups (broad SMARTS) is 1. The second-order valence-corrected chi connectivity index (χ2v) is 4.76. The summed E-state index contributed by atoms with van der Waals surface area (Å²) in [5.74, 6) is -1.13. The second kappa shape index (κ2) is 7.89. The van der Waals surface area contributed by atoms with Gasteiger partial charge >= 0.3 is 5.97 Å². The Morgan fingerprint density at radius 2 is 1.78 bits per heavy atom. The number of aliphatic carboxylic acids is 1. The fraction of sp³-hybridized carbons (Fsp3) is 0.111. The fourth-order valence-electron chi connectivity index (χ4n) is 1.90. The molecule has 3 aromatic rings. The van der Waals surface area contributed by atoms with Gasteiger partial charge in [0, 0.05) is 11.6 Å². The number of benzene rings is 2. The Bertz CT molecular complexity index is 764. The minimum Gasteiger partial charge on any atom is -0.481 e. The van der Waals surface area contributed by atoms with Gasteiger partial charge in [0.1, 0.15) is 11.6 Å². The SMILES string of the molecule is Cc1cc2nccc(OCC(=O)O)c2cc1F.c1ccccc1. The lowest BCUT2D eigenvalue weighted by molar-refractivity contribution is -0.139. The first-order chi connectivity index (χ1) is 11.1. The molecule has 1 N–H and O–H groups in total. The first-order valence-corrected chi connectivity index (χ1v) is 6.97. The normalized spacial score (nSPS) is 9.83. The first-order valence-electron chi connectivity index (χ1n) is 6.97. The van der Waals surface area contributed by atoms with Crippen LogP contribution in [0.2, 0.25) is 0 Å². The lowest BCUT2D eigenvalue weighted by Crippen LogP contribution is -2.09. The summed E-state index contributed by atoms with van der Waals surface area (Å²) in [4.78, 5) is 14.5. The molecule has 0 saturated heterocycles. The van der Waals surface area contributed by atoms with E-state index in [1.54, 1.807) is 13.0 Å². The van der Waals surface area contributed by atoms with Crippen molar-refractivity contribution in [1.29, 1.82) is 0 Å². The molecule has 0 aliphatic heterocycles. The Morgan fingerprint density at radius 1 is 1.17 bits per heavy atom. The summed E-state index contributed by atoms with van der Waals surface area (Å²) in [6, 6.07) is 16.4. The third-order valence-electron chi connectivity index (χ3n) is 3.00. The number of carbonyl (C=O) groups is 1. The number of hydrogen-bond donors (Lipinski definition) is 1. The van der Waals surface area contributed by atoms with Gasteiger partial charge in [0.15, 0.2) is 6.61 Å². The molecule has 5 heteroatoms. The molecule has 4 nitrogen and oxygen atoms in total. The average molecular weight is 313 g/mol. The smallest absolute Gasteiger partial charge is 0.341 e. The van der Waals surface area contributed by atoms with E-state index in [0.717, 1.165) is 0 Å². The number of pyridine rings is 1. The van der Waals surface area contributed by atoms with Crippen LogP contribution >= 0.6 is 0 Å². The molecule has 0 aliphatic rings. The minimum absolute atomic E-state index is 0.316. The number of carboxylic acids is 1. The van der Waals surface area contributed by atoms with Gasteiger partial charge in [-0.05, 0) is 30.7 Å². The molecule has 2 aromatic carbocycles. The van der Waals surface area contributed by atoms with E-state index in [1.807, 2.05) is 36.4 Å².